The maximum absolute atomic E-state index is 13.0. The first-order chi connectivity index (χ1) is 16.1. The summed E-state index contributed by atoms with van der Waals surface area (Å²) in [5.74, 6) is 0.0804. The van der Waals surface area contributed by atoms with Gasteiger partial charge in [0.05, 0.1) is 11.3 Å². The van der Waals surface area contributed by atoms with Gasteiger partial charge in [0, 0.05) is 6.54 Å². The van der Waals surface area contributed by atoms with E-state index in [1.54, 1.807) is 24.3 Å². The van der Waals surface area contributed by atoms with Gasteiger partial charge in [-0.1, -0.05) is 79.7 Å². The second-order valence-electron chi connectivity index (χ2n) is 7.73. The molecule has 5 heteroatoms. The average molecular weight is 439 g/mol. The quantitative estimate of drug-likeness (QED) is 0.378. The second kappa shape index (κ2) is 10.5. The number of carbonyl (C=O) groups is 2. The number of nitrogens with one attached hydrogen (secondary N) is 2. The van der Waals surface area contributed by atoms with Crippen LogP contribution in [0.2, 0.25) is 0 Å². The van der Waals surface area contributed by atoms with Crippen molar-refractivity contribution in [3.8, 4) is 5.75 Å². The van der Waals surface area contributed by atoms with Gasteiger partial charge in [0.25, 0.3) is 11.8 Å². The van der Waals surface area contributed by atoms with Gasteiger partial charge < -0.3 is 15.4 Å². The summed E-state index contributed by atoms with van der Waals surface area (Å²) in [7, 11) is 0. The van der Waals surface area contributed by atoms with Gasteiger partial charge in [-0.05, 0) is 47.0 Å². The number of fused-ring (bicyclic) bond motifs is 1. The van der Waals surface area contributed by atoms with Crippen LogP contribution in [0.3, 0.4) is 0 Å². The number of ether oxygens (including phenoxy) is 1. The average Bonchev–Trinajstić information content (AvgIpc) is 2.86. The Kier molecular flexibility index (Phi) is 7.00. The zero-order chi connectivity index (χ0) is 23.0. The summed E-state index contributed by atoms with van der Waals surface area (Å²) in [4.78, 5) is 25.8. The second-order valence-corrected chi connectivity index (χ2v) is 7.73. The lowest BCUT2D eigenvalue weighted by Crippen LogP contribution is -2.33. The molecule has 0 aliphatic carbocycles. The molecule has 0 aliphatic heterocycles. The standard InChI is InChI=1S/C28H26N2O3/c1-2-26(33-23-17-16-21-12-6-7-13-22(21)18-23)28(32)30-25-15-9-8-14-24(25)27(31)29-19-20-10-4-3-5-11-20/h3-18,26H,2,19H2,1H3,(H,29,31)(H,30,32)/t26-/m0/s1. The summed E-state index contributed by atoms with van der Waals surface area (Å²) >= 11 is 0. The number of benzene rings is 4. The van der Waals surface area contributed by atoms with E-state index in [-0.39, 0.29) is 11.8 Å². The van der Waals surface area contributed by atoms with Crippen molar-refractivity contribution in [1.82, 2.24) is 5.32 Å². The van der Waals surface area contributed by atoms with Gasteiger partial charge in [-0.15, -0.1) is 0 Å². The van der Waals surface area contributed by atoms with Crippen molar-refractivity contribution in [3.05, 3.63) is 108 Å². The molecule has 2 amide bonds. The first kappa shape index (κ1) is 22.1. The fourth-order valence-electron chi connectivity index (χ4n) is 3.60. The molecule has 2 N–H and O–H groups in total. The van der Waals surface area contributed by atoms with E-state index in [0.717, 1.165) is 16.3 Å². The van der Waals surface area contributed by atoms with E-state index >= 15 is 0 Å². The summed E-state index contributed by atoms with van der Waals surface area (Å²) < 4.78 is 6.00. The van der Waals surface area contributed by atoms with Crippen molar-refractivity contribution in [3.63, 3.8) is 0 Å². The van der Waals surface area contributed by atoms with E-state index in [1.807, 2.05) is 79.7 Å². The molecule has 0 bridgehead atoms. The zero-order valence-corrected chi connectivity index (χ0v) is 18.5. The molecule has 0 saturated heterocycles. The molecule has 1 atom stereocenters. The highest BCUT2D eigenvalue weighted by molar-refractivity contribution is 6.04. The topological polar surface area (TPSA) is 67.4 Å². The highest BCUT2D eigenvalue weighted by atomic mass is 16.5. The lowest BCUT2D eigenvalue weighted by atomic mass is 10.1. The Balaban J connectivity index is 1.44. The van der Waals surface area contributed by atoms with Gasteiger partial charge in [0.2, 0.25) is 0 Å². The van der Waals surface area contributed by atoms with Crippen molar-refractivity contribution in [2.24, 2.45) is 0 Å². The highest BCUT2D eigenvalue weighted by Crippen LogP contribution is 2.23. The van der Waals surface area contributed by atoms with Crippen LogP contribution in [0.5, 0.6) is 5.75 Å². The number of hydrogen-bond donors (Lipinski definition) is 2. The molecule has 0 heterocycles. The smallest absolute Gasteiger partial charge is 0.265 e. The van der Waals surface area contributed by atoms with Crippen LogP contribution in [0.1, 0.15) is 29.3 Å². The Morgan fingerprint density at radius 1 is 0.818 bits per heavy atom. The maximum Gasteiger partial charge on any atom is 0.265 e. The molecule has 0 aromatic heterocycles. The summed E-state index contributed by atoms with van der Waals surface area (Å²) in [5, 5.41) is 7.94. The fraction of sp³-hybridized carbons (Fsp3) is 0.143. The minimum absolute atomic E-state index is 0.252. The third-order valence-corrected chi connectivity index (χ3v) is 5.39. The van der Waals surface area contributed by atoms with Crippen LogP contribution in [-0.2, 0) is 11.3 Å². The van der Waals surface area contributed by atoms with E-state index in [4.69, 9.17) is 4.74 Å². The molecule has 4 rings (SSSR count). The van der Waals surface area contributed by atoms with Crippen LogP contribution in [0.25, 0.3) is 10.8 Å². The van der Waals surface area contributed by atoms with E-state index in [1.165, 1.54) is 0 Å². The normalized spacial score (nSPS) is 11.5. The Labute approximate surface area is 193 Å². The molecular weight excluding hydrogens is 412 g/mol. The van der Waals surface area contributed by atoms with Gasteiger partial charge in [-0.25, -0.2) is 0 Å². The predicted molar refractivity (Wildman–Crippen MR) is 131 cm³/mol. The molecule has 0 unspecified atom stereocenters. The van der Waals surface area contributed by atoms with Crippen LogP contribution in [0, 0.1) is 0 Å². The fourth-order valence-corrected chi connectivity index (χ4v) is 3.60. The Morgan fingerprint density at radius 2 is 1.52 bits per heavy atom. The molecule has 4 aromatic carbocycles. The molecular formula is C28H26N2O3. The molecule has 33 heavy (non-hydrogen) atoms. The number of carbonyl (C=O) groups excluding carboxylic acids is 2. The van der Waals surface area contributed by atoms with Gasteiger partial charge in [-0.3, -0.25) is 9.59 Å². The van der Waals surface area contributed by atoms with Crippen molar-refractivity contribution >= 4 is 28.3 Å². The van der Waals surface area contributed by atoms with Crippen molar-refractivity contribution in [1.29, 1.82) is 0 Å². The third-order valence-electron chi connectivity index (χ3n) is 5.39. The van der Waals surface area contributed by atoms with Crippen LogP contribution < -0.4 is 15.4 Å². The van der Waals surface area contributed by atoms with Crippen LogP contribution in [-0.4, -0.2) is 17.9 Å². The van der Waals surface area contributed by atoms with E-state index in [9.17, 15) is 9.59 Å². The van der Waals surface area contributed by atoms with E-state index in [2.05, 4.69) is 10.6 Å². The Hall–Kier alpha value is -4.12. The monoisotopic (exact) mass is 438 g/mol. The maximum atomic E-state index is 13.0. The van der Waals surface area contributed by atoms with Gasteiger partial charge in [0.15, 0.2) is 6.10 Å². The summed E-state index contributed by atoms with van der Waals surface area (Å²) in [6.07, 6.45) is -0.201. The molecule has 0 fully saturated rings. The molecule has 0 radical (unpaired) electrons. The predicted octanol–water partition coefficient (Wildman–Crippen LogP) is 5.57. The highest BCUT2D eigenvalue weighted by Gasteiger charge is 2.21. The largest absolute Gasteiger partial charge is 0.481 e. The Morgan fingerprint density at radius 3 is 2.30 bits per heavy atom. The van der Waals surface area contributed by atoms with Crippen molar-refractivity contribution in [2.45, 2.75) is 26.0 Å². The molecule has 0 saturated carbocycles. The van der Waals surface area contributed by atoms with E-state index < -0.39 is 6.10 Å². The first-order valence-electron chi connectivity index (χ1n) is 11.0. The molecule has 4 aromatic rings. The summed E-state index contributed by atoms with van der Waals surface area (Å²) in [5.41, 5.74) is 1.86. The van der Waals surface area contributed by atoms with E-state index in [0.29, 0.717) is 30.0 Å². The minimum Gasteiger partial charge on any atom is -0.481 e. The van der Waals surface area contributed by atoms with Gasteiger partial charge in [0.1, 0.15) is 5.75 Å². The SMILES string of the molecule is CC[C@H](Oc1ccc2ccccc2c1)C(=O)Nc1ccccc1C(=O)NCc1ccccc1. The molecule has 166 valence electrons. The minimum atomic E-state index is -0.688. The summed E-state index contributed by atoms with van der Waals surface area (Å²) in [6, 6.07) is 30.4. The number of hydrogen-bond acceptors (Lipinski definition) is 3. The number of anilines is 1. The van der Waals surface area contributed by atoms with Crippen LogP contribution in [0.4, 0.5) is 5.69 Å². The van der Waals surface area contributed by atoms with Crippen molar-refractivity contribution in [2.75, 3.05) is 5.32 Å². The lowest BCUT2D eigenvalue weighted by Gasteiger charge is -2.19. The number of rotatable bonds is 8. The zero-order valence-electron chi connectivity index (χ0n) is 18.5. The molecule has 0 aliphatic rings. The van der Waals surface area contributed by atoms with Crippen LogP contribution in [0.15, 0.2) is 97.1 Å². The van der Waals surface area contributed by atoms with Crippen LogP contribution >= 0.6 is 0 Å². The van der Waals surface area contributed by atoms with Crippen molar-refractivity contribution < 1.29 is 14.3 Å². The molecule has 0 spiro atoms. The molecule has 5 nitrogen and oxygen atoms in total. The van der Waals surface area contributed by atoms with Gasteiger partial charge in [-0.2, -0.15) is 0 Å². The summed E-state index contributed by atoms with van der Waals surface area (Å²) in [6.45, 7) is 2.30. The lowest BCUT2D eigenvalue weighted by molar-refractivity contribution is -0.122. The van der Waals surface area contributed by atoms with Gasteiger partial charge >= 0.3 is 0 Å². The Bertz CT molecular complexity index is 1250. The third kappa shape index (κ3) is 5.57. The number of para-hydroxylation sites is 1. The first-order valence-corrected chi connectivity index (χ1v) is 11.0. The number of amides is 2.